The Bertz CT molecular complexity index is 1110. The number of amides is 1. The Balaban J connectivity index is 1.84. The van der Waals surface area contributed by atoms with Crippen LogP contribution in [0.2, 0.25) is 10.0 Å². The van der Waals surface area contributed by atoms with Gasteiger partial charge >= 0.3 is 7.82 Å². The van der Waals surface area contributed by atoms with E-state index in [9.17, 15) is 14.2 Å². The standard InChI is InChI=1S/C25H30Cl2NO7P/c1-5-17(4)25(30)20-12-13-21(24(27)23(20)26)32-16-22(29)28-15-14-18-8-10-19(11-9-18)35-36(31,33-6-2)34-7-3/h8-13H,4-7,14-16H2,1-3H3,(H,28,29). The number of allylic oxidation sites excluding steroid dienone is 1. The smallest absolute Gasteiger partial charge is 0.482 e. The van der Waals surface area contributed by atoms with Crippen LogP contribution < -0.4 is 14.6 Å². The normalized spacial score (nSPS) is 11.1. The molecule has 0 fully saturated rings. The highest BCUT2D eigenvalue weighted by molar-refractivity contribution is 7.48. The molecule has 0 saturated heterocycles. The van der Waals surface area contributed by atoms with Crippen molar-refractivity contribution in [1.82, 2.24) is 5.32 Å². The quantitative estimate of drug-likeness (QED) is 0.153. The molecule has 0 aliphatic rings. The van der Waals surface area contributed by atoms with E-state index in [1.165, 1.54) is 12.1 Å². The topological polar surface area (TPSA) is 100 Å². The van der Waals surface area contributed by atoms with Crippen LogP contribution in [0.5, 0.6) is 11.5 Å². The zero-order valence-corrected chi connectivity index (χ0v) is 22.9. The summed E-state index contributed by atoms with van der Waals surface area (Å²) in [4.78, 5) is 24.5. The Hall–Kier alpha value is -2.35. The molecule has 2 aromatic carbocycles. The number of halogens is 2. The van der Waals surface area contributed by atoms with Crippen LogP contribution in [0.15, 0.2) is 48.6 Å². The summed E-state index contributed by atoms with van der Waals surface area (Å²) in [7, 11) is -3.65. The van der Waals surface area contributed by atoms with Crippen molar-refractivity contribution in [3.63, 3.8) is 0 Å². The highest BCUT2D eigenvalue weighted by atomic mass is 35.5. The van der Waals surface area contributed by atoms with E-state index >= 15 is 0 Å². The number of benzene rings is 2. The van der Waals surface area contributed by atoms with Gasteiger partial charge in [-0.15, -0.1) is 0 Å². The van der Waals surface area contributed by atoms with Gasteiger partial charge in [-0.1, -0.05) is 48.8 Å². The van der Waals surface area contributed by atoms with E-state index in [0.717, 1.165) is 5.56 Å². The van der Waals surface area contributed by atoms with Gasteiger partial charge in [0.1, 0.15) is 16.5 Å². The predicted octanol–water partition coefficient (Wildman–Crippen LogP) is 6.44. The van der Waals surface area contributed by atoms with Gasteiger partial charge in [0.05, 0.1) is 18.2 Å². The SMILES string of the molecule is C=C(CC)C(=O)c1ccc(OCC(=O)NCCc2ccc(OP(=O)(OCC)OCC)cc2)c(Cl)c1Cl. The van der Waals surface area contributed by atoms with Crippen molar-refractivity contribution in [2.24, 2.45) is 0 Å². The Kier molecular flexibility index (Phi) is 12.0. The third kappa shape index (κ3) is 8.64. The first kappa shape index (κ1) is 29.9. The number of hydrogen-bond donors (Lipinski definition) is 1. The van der Waals surface area contributed by atoms with Gasteiger partial charge in [0.2, 0.25) is 0 Å². The summed E-state index contributed by atoms with van der Waals surface area (Å²) in [6.45, 7) is 9.41. The second kappa shape index (κ2) is 14.4. The molecule has 0 aliphatic heterocycles. The van der Waals surface area contributed by atoms with Crippen molar-refractivity contribution in [2.75, 3.05) is 26.4 Å². The van der Waals surface area contributed by atoms with E-state index in [0.29, 0.717) is 30.7 Å². The lowest BCUT2D eigenvalue weighted by atomic mass is 10.0. The molecule has 1 N–H and O–H groups in total. The van der Waals surface area contributed by atoms with E-state index in [1.54, 1.807) is 38.1 Å². The number of Topliss-reactive ketones (excluding diaryl/α,β-unsaturated/α-hetero) is 1. The molecule has 0 radical (unpaired) electrons. The molecule has 0 heterocycles. The van der Waals surface area contributed by atoms with Crippen molar-refractivity contribution < 1.29 is 32.5 Å². The molecule has 11 heteroatoms. The van der Waals surface area contributed by atoms with Crippen molar-refractivity contribution >= 4 is 42.7 Å². The first-order valence-corrected chi connectivity index (χ1v) is 13.6. The second-order valence-electron chi connectivity index (χ2n) is 7.43. The van der Waals surface area contributed by atoms with E-state index < -0.39 is 7.82 Å². The minimum Gasteiger partial charge on any atom is -0.482 e. The molecule has 0 spiro atoms. The molecule has 0 unspecified atom stereocenters. The summed E-state index contributed by atoms with van der Waals surface area (Å²) >= 11 is 12.5. The number of nitrogens with one attached hydrogen (secondary N) is 1. The van der Waals surface area contributed by atoms with Gasteiger partial charge in [0, 0.05) is 12.1 Å². The lowest BCUT2D eigenvalue weighted by molar-refractivity contribution is -0.123. The summed E-state index contributed by atoms with van der Waals surface area (Å²) in [5.41, 5.74) is 1.58. The van der Waals surface area contributed by atoms with Gasteiger partial charge in [-0.3, -0.25) is 18.6 Å². The maximum atomic E-state index is 12.4. The summed E-state index contributed by atoms with van der Waals surface area (Å²) in [6.07, 6.45) is 1.04. The number of hydrogen-bond acceptors (Lipinski definition) is 7. The number of carbonyl (C=O) groups is 2. The molecule has 0 aliphatic carbocycles. The summed E-state index contributed by atoms with van der Waals surface area (Å²) in [5.74, 6) is -0.0898. The molecule has 2 aromatic rings. The van der Waals surface area contributed by atoms with Crippen LogP contribution in [0.4, 0.5) is 0 Å². The zero-order valence-electron chi connectivity index (χ0n) is 20.5. The van der Waals surface area contributed by atoms with Crippen LogP contribution in [0.1, 0.15) is 43.1 Å². The molecule has 196 valence electrons. The van der Waals surface area contributed by atoms with Crippen LogP contribution in [-0.2, 0) is 24.8 Å². The van der Waals surface area contributed by atoms with Gasteiger partial charge in [-0.05, 0) is 62.1 Å². The largest absolute Gasteiger partial charge is 0.530 e. The number of phosphoric acid groups is 1. The maximum Gasteiger partial charge on any atom is 0.530 e. The number of ketones is 1. The van der Waals surface area contributed by atoms with E-state index in [1.807, 2.05) is 6.92 Å². The molecule has 2 rings (SSSR count). The molecule has 0 atom stereocenters. The monoisotopic (exact) mass is 557 g/mol. The maximum absolute atomic E-state index is 12.4. The van der Waals surface area contributed by atoms with E-state index in [2.05, 4.69) is 11.9 Å². The Labute approximate surface area is 221 Å². The average Bonchev–Trinajstić information content (AvgIpc) is 2.85. The highest BCUT2D eigenvalue weighted by Crippen LogP contribution is 2.49. The van der Waals surface area contributed by atoms with Gasteiger partial charge < -0.3 is 14.6 Å². The second-order valence-corrected chi connectivity index (χ2v) is 9.78. The molecule has 0 bridgehead atoms. The van der Waals surface area contributed by atoms with Crippen LogP contribution >= 0.6 is 31.0 Å². The third-order valence-corrected chi connectivity index (χ3v) is 7.30. The summed E-state index contributed by atoms with van der Waals surface area (Å²) in [5, 5.41) is 2.86. The fourth-order valence-electron chi connectivity index (χ4n) is 2.96. The van der Waals surface area contributed by atoms with Crippen molar-refractivity contribution in [1.29, 1.82) is 0 Å². The fourth-order valence-corrected chi connectivity index (χ4v) is 4.62. The van der Waals surface area contributed by atoms with Gasteiger partial charge in [-0.2, -0.15) is 0 Å². The van der Waals surface area contributed by atoms with Crippen molar-refractivity contribution in [3.8, 4) is 11.5 Å². The average molecular weight is 558 g/mol. The number of ether oxygens (including phenoxy) is 1. The number of carbonyl (C=O) groups excluding carboxylic acids is 2. The lowest BCUT2D eigenvalue weighted by Crippen LogP contribution is -2.30. The highest BCUT2D eigenvalue weighted by Gasteiger charge is 2.27. The molecular weight excluding hydrogens is 528 g/mol. The minimum absolute atomic E-state index is 0.0553. The van der Waals surface area contributed by atoms with Gasteiger partial charge in [-0.25, -0.2) is 4.57 Å². The minimum atomic E-state index is -3.65. The fraction of sp³-hybridized carbons (Fsp3) is 0.360. The molecule has 0 saturated carbocycles. The first-order chi connectivity index (χ1) is 17.1. The molecule has 1 amide bonds. The molecular formula is C25H30Cl2NO7P. The van der Waals surface area contributed by atoms with E-state index in [4.69, 9.17) is 41.5 Å². The van der Waals surface area contributed by atoms with Gasteiger partial charge in [0.25, 0.3) is 5.91 Å². The zero-order chi connectivity index (χ0) is 26.7. The van der Waals surface area contributed by atoms with Crippen molar-refractivity contribution in [2.45, 2.75) is 33.6 Å². The summed E-state index contributed by atoms with van der Waals surface area (Å²) < 4.78 is 33.5. The number of phosphoric ester groups is 1. The molecule has 36 heavy (non-hydrogen) atoms. The molecule has 0 aromatic heterocycles. The first-order valence-electron chi connectivity index (χ1n) is 11.4. The Morgan fingerprint density at radius 2 is 1.61 bits per heavy atom. The van der Waals surface area contributed by atoms with Crippen LogP contribution in [-0.4, -0.2) is 38.1 Å². The Morgan fingerprint density at radius 1 is 0.972 bits per heavy atom. The Morgan fingerprint density at radius 3 is 2.19 bits per heavy atom. The predicted molar refractivity (Wildman–Crippen MR) is 140 cm³/mol. The van der Waals surface area contributed by atoms with Crippen LogP contribution in [0.25, 0.3) is 0 Å². The molecule has 8 nitrogen and oxygen atoms in total. The summed E-state index contributed by atoms with van der Waals surface area (Å²) in [6, 6.07) is 9.88. The van der Waals surface area contributed by atoms with Crippen LogP contribution in [0, 0.1) is 0 Å². The third-order valence-electron chi connectivity index (χ3n) is 4.85. The van der Waals surface area contributed by atoms with Gasteiger partial charge in [0.15, 0.2) is 12.4 Å². The van der Waals surface area contributed by atoms with Crippen molar-refractivity contribution in [3.05, 3.63) is 69.7 Å². The van der Waals surface area contributed by atoms with Crippen LogP contribution in [0.3, 0.4) is 0 Å². The number of rotatable bonds is 15. The van der Waals surface area contributed by atoms with E-state index in [-0.39, 0.29) is 52.9 Å². The lowest BCUT2D eigenvalue weighted by Gasteiger charge is -2.17.